The summed E-state index contributed by atoms with van der Waals surface area (Å²) in [4.78, 5) is 0. The molecule has 0 aliphatic heterocycles. The van der Waals surface area contributed by atoms with Crippen molar-refractivity contribution in [2.24, 2.45) is 5.92 Å². The van der Waals surface area contributed by atoms with Gasteiger partial charge >= 0.3 is 0 Å². The number of nitrogens with one attached hydrogen (secondary N) is 1. The molecule has 3 nitrogen and oxygen atoms in total. The molecule has 20 heavy (non-hydrogen) atoms. The summed E-state index contributed by atoms with van der Waals surface area (Å²) in [6.45, 7) is 9.64. The normalized spacial score (nSPS) is 12.1. The lowest BCUT2D eigenvalue weighted by atomic mass is 9.99. The van der Waals surface area contributed by atoms with E-state index >= 15 is 0 Å². The molecule has 0 aliphatic carbocycles. The molecule has 0 aromatic heterocycles. The van der Waals surface area contributed by atoms with Crippen molar-refractivity contribution in [2.45, 2.75) is 33.7 Å². The topological polar surface area (TPSA) is 30.5 Å². The molecule has 0 unspecified atom stereocenters. The average Bonchev–Trinajstić information content (AvgIpc) is 2.42. The zero-order valence-corrected chi connectivity index (χ0v) is 13.5. The third-order valence-electron chi connectivity index (χ3n) is 3.18. The van der Waals surface area contributed by atoms with Crippen molar-refractivity contribution >= 4 is 6.08 Å². The molecule has 0 bridgehead atoms. The van der Waals surface area contributed by atoms with E-state index in [1.807, 2.05) is 18.2 Å². The van der Waals surface area contributed by atoms with Gasteiger partial charge in [0.1, 0.15) is 11.5 Å². The van der Waals surface area contributed by atoms with Gasteiger partial charge in [0, 0.05) is 18.7 Å². The van der Waals surface area contributed by atoms with Gasteiger partial charge in [-0.3, -0.25) is 0 Å². The highest BCUT2D eigenvalue weighted by Gasteiger charge is 2.06. The van der Waals surface area contributed by atoms with Gasteiger partial charge in [-0.2, -0.15) is 0 Å². The third-order valence-corrected chi connectivity index (χ3v) is 3.18. The van der Waals surface area contributed by atoms with Gasteiger partial charge in [0.05, 0.1) is 14.2 Å². The van der Waals surface area contributed by atoms with Crippen LogP contribution in [0, 0.1) is 5.92 Å². The van der Waals surface area contributed by atoms with Crippen LogP contribution in [0.1, 0.15) is 33.3 Å². The Hall–Kier alpha value is -1.48. The quantitative estimate of drug-likeness (QED) is 0.823. The zero-order valence-electron chi connectivity index (χ0n) is 13.5. The number of benzene rings is 1. The van der Waals surface area contributed by atoms with Crippen molar-refractivity contribution in [3.05, 3.63) is 29.3 Å². The summed E-state index contributed by atoms with van der Waals surface area (Å²) in [6, 6.07) is 6.43. The Balaban J connectivity index is 3.03. The Labute approximate surface area is 123 Å². The lowest BCUT2D eigenvalue weighted by Gasteiger charge is -2.15. The summed E-state index contributed by atoms with van der Waals surface area (Å²) in [5.41, 5.74) is 2.48. The lowest BCUT2D eigenvalue weighted by Crippen LogP contribution is -2.26. The molecule has 0 saturated carbocycles. The molecule has 0 atom stereocenters. The van der Waals surface area contributed by atoms with Crippen LogP contribution in [-0.4, -0.2) is 26.8 Å². The second kappa shape index (κ2) is 7.95. The fraction of sp³-hybridized carbons (Fsp3) is 0.529. The van der Waals surface area contributed by atoms with E-state index in [9.17, 15) is 0 Å². The smallest absolute Gasteiger partial charge is 0.123 e. The first-order valence-electron chi connectivity index (χ1n) is 7.13. The highest BCUT2D eigenvalue weighted by Crippen LogP contribution is 2.25. The second-order valence-electron chi connectivity index (χ2n) is 5.56. The predicted molar refractivity (Wildman–Crippen MR) is 85.5 cm³/mol. The molecule has 0 heterocycles. The van der Waals surface area contributed by atoms with Crippen LogP contribution in [0.5, 0.6) is 11.5 Å². The van der Waals surface area contributed by atoms with E-state index in [1.54, 1.807) is 14.2 Å². The number of hydrogen-bond donors (Lipinski definition) is 1. The Bertz CT molecular complexity index is 428. The van der Waals surface area contributed by atoms with Gasteiger partial charge in [-0.25, -0.2) is 0 Å². The molecule has 1 aromatic rings. The van der Waals surface area contributed by atoms with Crippen LogP contribution in [0.15, 0.2) is 23.8 Å². The lowest BCUT2D eigenvalue weighted by molar-refractivity contribution is 0.394. The van der Waals surface area contributed by atoms with Crippen LogP contribution in [0.4, 0.5) is 0 Å². The maximum absolute atomic E-state index is 5.31. The molecule has 0 spiro atoms. The summed E-state index contributed by atoms with van der Waals surface area (Å²) in [6.07, 6.45) is 2.21. The first-order chi connectivity index (χ1) is 9.46. The monoisotopic (exact) mass is 277 g/mol. The minimum absolute atomic E-state index is 0.483. The molecule has 0 saturated heterocycles. The Morgan fingerprint density at radius 2 is 1.60 bits per heavy atom. The molecule has 0 fully saturated rings. The average molecular weight is 277 g/mol. The maximum Gasteiger partial charge on any atom is 0.123 e. The molecule has 1 rings (SSSR count). The van der Waals surface area contributed by atoms with Gasteiger partial charge < -0.3 is 14.8 Å². The van der Waals surface area contributed by atoms with Crippen molar-refractivity contribution < 1.29 is 9.47 Å². The van der Waals surface area contributed by atoms with Crippen molar-refractivity contribution in [3.8, 4) is 11.5 Å². The van der Waals surface area contributed by atoms with E-state index in [-0.39, 0.29) is 0 Å². The Morgan fingerprint density at radius 3 is 2.00 bits per heavy atom. The number of hydrogen-bond acceptors (Lipinski definition) is 3. The highest BCUT2D eigenvalue weighted by molar-refractivity contribution is 5.58. The minimum Gasteiger partial charge on any atom is -0.497 e. The van der Waals surface area contributed by atoms with E-state index in [2.05, 4.69) is 39.1 Å². The van der Waals surface area contributed by atoms with Crippen LogP contribution in [0.25, 0.3) is 6.08 Å². The van der Waals surface area contributed by atoms with Crippen molar-refractivity contribution in [3.63, 3.8) is 0 Å². The summed E-state index contributed by atoms with van der Waals surface area (Å²) >= 11 is 0. The van der Waals surface area contributed by atoms with Gasteiger partial charge in [-0.05, 0) is 23.6 Å². The largest absolute Gasteiger partial charge is 0.497 e. The van der Waals surface area contributed by atoms with Crippen LogP contribution in [0.2, 0.25) is 0 Å². The van der Waals surface area contributed by atoms with E-state index in [1.165, 1.54) is 5.57 Å². The SMILES string of the molecule is COc1cc(C=C(CNC(C)C)C(C)C)cc(OC)c1. The molecule has 1 aromatic carbocycles. The highest BCUT2D eigenvalue weighted by atomic mass is 16.5. The van der Waals surface area contributed by atoms with Crippen molar-refractivity contribution in [1.82, 2.24) is 5.32 Å². The van der Waals surface area contributed by atoms with Gasteiger partial charge in [-0.1, -0.05) is 39.3 Å². The fourth-order valence-corrected chi connectivity index (χ4v) is 1.87. The molecule has 0 amide bonds. The van der Waals surface area contributed by atoms with E-state index in [4.69, 9.17) is 9.47 Å². The van der Waals surface area contributed by atoms with Gasteiger partial charge in [0.15, 0.2) is 0 Å². The number of ether oxygens (including phenoxy) is 2. The first kappa shape index (κ1) is 16.6. The fourth-order valence-electron chi connectivity index (χ4n) is 1.87. The first-order valence-corrected chi connectivity index (χ1v) is 7.13. The zero-order chi connectivity index (χ0) is 15.1. The molecular weight excluding hydrogens is 250 g/mol. The van der Waals surface area contributed by atoms with E-state index in [0.717, 1.165) is 23.6 Å². The molecule has 0 radical (unpaired) electrons. The standard InChI is InChI=1S/C17H27NO2/c1-12(2)15(11-18-13(3)4)7-14-8-16(19-5)10-17(9-14)20-6/h7-10,12-13,18H,11H2,1-6H3. The summed E-state index contributed by atoms with van der Waals surface area (Å²) in [5.74, 6) is 2.13. The maximum atomic E-state index is 5.31. The molecular formula is C17H27NO2. The Morgan fingerprint density at radius 1 is 1.05 bits per heavy atom. The second-order valence-corrected chi connectivity index (χ2v) is 5.56. The molecule has 1 N–H and O–H groups in total. The number of rotatable bonds is 7. The summed E-state index contributed by atoms with van der Waals surface area (Å²) in [5, 5.41) is 3.47. The number of methoxy groups -OCH3 is 2. The molecule has 0 aliphatic rings. The van der Waals surface area contributed by atoms with Gasteiger partial charge in [-0.15, -0.1) is 0 Å². The van der Waals surface area contributed by atoms with E-state index < -0.39 is 0 Å². The van der Waals surface area contributed by atoms with Gasteiger partial charge in [0.25, 0.3) is 0 Å². The van der Waals surface area contributed by atoms with E-state index in [0.29, 0.717) is 12.0 Å². The van der Waals surface area contributed by atoms with Crippen LogP contribution in [-0.2, 0) is 0 Å². The summed E-state index contributed by atoms with van der Waals surface area (Å²) in [7, 11) is 3.35. The van der Waals surface area contributed by atoms with Crippen molar-refractivity contribution in [1.29, 1.82) is 0 Å². The molecule has 3 heteroatoms. The summed E-state index contributed by atoms with van der Waals surface area (Å²) < 4.78 is 10.6. The van der Waals surface area contributed by atoms with Crippen molar-refractivity contribution in [2.75, 3.05) is 20.8 Å². The van der Waals surface area contributed by atoms with Crippen LogP contribution < -0.4 is 14.8 Å². The van der Waals surface area contributed by atoms with Crippen LogP contribution in [0.3, 0.4) is 0 Å². The van der Waals surface area contributed by atoms with Crippen LogP contribution >= 0.6 is 0 Å². The third kappa shape index (κ3) is 5.25. The minimum atomic E-state index is 0.483. The van der Waals surface area contributed by atoms with Gasteiger partial charge in [0.2, 0.25) is 0 Å². The predicted octanol–water partition coefficient (Wildman–Crippen LogP) is 3.74. The Kier molecular flexibility index (Phi) is 6.59. The molecule has 112 valence electrons.